The molecule has 2 unspecified atom stereocenters. The Kier molecular flexibility index (Phi) is 5.65. The molecule has 1 rings (SSSR count). The van der Waals surface area contributed by atoms with E-state index in [2.05, 4.69) is 38.6 Å². The third kappa shape index (κ3) is 3.01. The van der Waals surface area contributed by atoms with Crippen molar-refractivity contribution in [3.8, 4) is 6.07 Å². The first-order valence-electron chi connectivity index (χ1n) is 6.79. The number of benzene rings is 1. The molecule has 2 atom stereocenters. The minimum Gasteiger partial charge on any atom is -0.197 e. The molecular formula is C17H23N. The minimum atomic E-state index is -0.370. The van der Waals surface area contributed by atoms with Crippen LogP contribution in [0, 0.1) is 17.2 Å². The number of rotatable bonds is 7. The molecule has 0 bridgehead atoms. The van der Waals surface area contributed by atoms with Gasteiger partial charge in [-0.25, -0.2) is 0 Å². The summed E-state index contributed by atoms with van der Waals surface area (Å²) in [5.74, 6) is 0.300. The van der Waals surface area contributed by atoms with Crippen LogP contribution in [0.25, 0.3) is 0 Å². The first-order chi connectivity index (χ1) is 8.71. The van der Waals surface area contributed by atoms with Crippen LogP contribution in [0.1, 0.15) is 45.1 Å². The molecular weight excluding hydrogens is 218 g/mol. The second-order valence-electron chi connectivity index (χ2n) is 4.98. The Bertz CT molecular complexity index is 401. The van der Waals surface area contributed by atoms with Gasteiger partial charge in [0.1, 0.15) is 0 Å². The summed E-state index contributed by atoms with van der Waals surface area (Å²) in [5, 5.41) is 9.77. The summed E-state index contributed by atoms with van der Waals surface area (Å²) in [6, 6.07) is 12.8. The zero-order valence-corrected chi connectivity index (χ0v) is 11.5. The second kappa shape index (κ2) is 7.01. The Balaban J connectivity index is 3.14. The number of hydrogen-bond acceptors (Lipinski definition) is 1. The molecule has 1 aromatic rings. The Morgan fingerprint density at radius 2 is 2.06 bits per heavy atom. The third-order valence-electron chi connectivity index (χ3n) is 3.77. The topological polar surface area (TPSA) is 23.8 Å². The van der Waals surface area contributed by atoms with Gasteiger partial charge in [-0.1, -0.05) is 63.1 Å². The van der Waals surface area contributed by atoms with Crippen molar-refractivity contribution in [1.82, 2.24) is 0 Å². The van der Waals surface area contributed by atoms with Gasteiger partial charge in [0.05, 0.1) is 11.5 Å². The summed E-state index contributed by atoms with van der Waals surface area (Å²) in [5.41, 5.74) is 0.779. The van der Waals surface area contributed by atoms with Crippen molar-refractivity contribution in [3.63, 3.8) is 0 Å². The molecule has 0 aliphatic heterocycles. The van der Waals surface area contributed by atoms with Gasteiger partial charge in [0, 0.05) is 0 Å². The van der Waals surface area contributed by atoms with Crippen molar-refractivity contribution >= 4 is 0 Å². The Morgan fingerprint density at radius 3 is 2.56 bits per heavy atom. The molecule has 0 aliphatic carbocycles. The van der Waals surface area contributed by atoms with Crippen LogP contribution in [-0.4, -0.2) is 0 Å². The molecule has 0 saturated heterocycles. The van der Waals surface area contributed by atoms with Gasteiger partial charge < -0.3 is 0 Å². The van der Waals surface area contributed by atoms with Gasteiger partial charge >= 0.3 is 0 Å². The lowest BCUT2D eigenvalue weighted by molar-refractivity contribution is 0.337. The summed E-state index contributed by atoms with van der Waals surface area (Å²) >= 11 is 0. The lowest BCUT2D eigenvalue weighted by Crippen LogP contribution is -2.32. The van der Waals surface area contributed by atoms with E-state index in [1.54, 1.807) is 0 Å². The summed E-state index contributed by atoms with van der Waals surface area (Å²) < 4.78 is 0. The molecule has 0 amide bonds. The highest BCUT2D eigenvalue weighted by atomic mass is 14.4. The SMILES string of the molecule is C=CCC(C)C(C#N)(CCCC)c1ccccc1. The fourth-order valence-corrected chi connectivity index (χ4v) is 2.55. The zero-order chi connectivity index (χ0) is 13.4. The molecule has 1 heteroatoms. The molecule has 1 nitrogen and oxygen atoms in total. The Labute approximate surface area is 111 Å². The van der Waals surface area contributed by atoms with Crippen molar-refractivity contribution in [2.45, 2.75) is 44.9 Å². The number of unbranched alkanes of at least 4 members (excludes halogenated alkanes) is 1. The average molecular weight is 241 g/mol. The molecule has 0 N–H and O–H groups in total. The molecule has 0 heterocycles. The first kappa shape index (κ1) is 14.5. The van der Waals surface area contributed by atoms with Crippen molar-refractivity contribution in [2.75, 3.05) is 0 Å². The monoisotopic (exact) mass is 241 g/mol. The molecule has 0 fully saturated rings. The maximum absolute atomic E-state index is 9.77. The van der Waals surface area contributed by atoms with Crippen LogP contribution in [0.2, 0.25) is 0 Å². The lowest BCUT2D eigenvalue weighted by atomic mass is 9.68. The molecule has 18 heavy (non-hydrogen) atoms. The van der Waals surface area contributed by atoms with E-state index in [9.17, 15) is 5.26 Å². The Hall–Kier alpha value is -1.55. The molecule has 0 radical (unpaired) electrons. The number of nitrogens with zero attached hydrogens (tertiary/aromatic N) is 1. The standard InChI is InChI=1S/C17H23N/c1-4-6-13-17(14-18,15(3)10-5-2)16-11-8-7-9-12-16/h5,7-9,11-12,15H,2,4,6,10,13H2,1,3H3. The van der Waals surface area contributed by atoms with E-state index in [1.165, 1.54) is 0 Å². The van der Waals surface area contributed by atoms with Crippen LogP contribution < -0.4 is 0 Å². The van der Waals surface area contributed by atoms with Crippen molar-refractivity contribution in [3.05, 3.63) is 48.6 Å². The summed E-state index contributed by atoms with van der Waals surface area (Å²) in [6.07, 6.45) is 5.94. The molecule has 0 spiro atoms. The van der Waals surface area contributed by atoms with Gasteiger partial charge in [-0.15, -0.1) is 6.58 Å². The van der Waals surface area contributed by atoms with Gasteiger partial charge in [0.15, 0.2) is 0 Å². The average Bonchev–Trinajstić information content (AvgIpc) is 2.42. The molecule has 1 aromatic carbocycles. The maximum Gasteiger partial charge on any atom is 0.0850 e. The van der Waals surface area contributed by atoms with Crippen LogP contribution in [0.15, 0.2) is 43.0 Å². The molecule has 0 saturated carbocycles. The van der Waals surface area contributed by atoms with E-state index in [-0.39, 0.29) is 5.41 Å². The summed E-state index contributed by atoms with van der Waals surface area (Å²) in [4.78, 5) is 0. The van der Waals surface area contributed by atoms with E-state index in [1.807, 2.05) is 24.3 Å². The van der Waals surface area contributed by atoms with Crippen molar-refractivity contribution in [1.29, 1.82) is 5.26 Å². The highest BCUT2D eigenvalue weighted by Crippen LogP contribution is 2.38. The number of allylic oxidation sites excluding steroid dienone is 1. The predicted octanol–water partition coefficient (Wildman–Crippen LogP) is 4.85. The van der Waals surface area contributed by atoms with E-state index in [4.69, 9.17) is 0 Å². The summed E-state index contributed by atoms with van der Waals surface area (Å²) in [7, 11) is 0. The highest BCUT2D eigenvalue weighted by Gasteiger charge is 2.36. The smallest absolute Gasteiger partial charge is 0.0850 e. The van der Waals surface area contributed by atoms with Gasteiger partial charge in [0.2, 0.25) is 0 Å². The highest BCUT2D eigenvalue weighted by molar-refractivity contribution is 5.33. The minimum absolute atomic E-state index is 0.300. The maximum atomic E-state index is 9.77. The number of hydrogen-bond donors (Lipinski definition) is 0. The van der Waals surface area contributed by atoms with Gasteiger partial charge in [-0.3, -0.25) is 0 Å². The number of nitriles is 1. The van der Waals surface area contributed by atoms with Crippen molar-refractivity contribution < 1.29 is 0 Å². The zero-order valence-electron chi connectivity index (χ0n) is 11.5. The summed E-state index contributed by atoms with van der Waals surface area (Å²) in [6.45, 7) is 8.15. The fourth-order valence-electron chi connectivity index (χ4n) is 2.55. The van der Waals surface area contributed by atoms with Crippen LogP contribution >= 0.6 is 0 Å². The van der Waals surface area contributed by atoms with Gasteiger partial charge in [-0.05, 0) is 24.3 Å². The predicted molar refractivity (Wildman–Crippen MR) is 77.2 cm³/mol. The lowest BCUT2D eigenvalue weighted by Gasteiger charge is -2.33. The Morgan fingerprint density at radius 1 is 1.39 bits per heavy atom. The van der Waals surface area contributed by atoms with Crippen LogP contribution in [-0.2, 0) is 5.41 Å². The molecule has 96 valence electrons. The molecule has 0 aliphatic rings. The van der Waals surface area contributed by atoms with E-state index < -0.39 is 0 Å². The quantitative estimate of drug-likeness (QED) is 0.626. The van der Waals surface area contributed by atoms with Gasteiger partial charge in [0.25, 0.3) is 0 Å². The van der Waals surface area contributed by atoms with E-state index >= 15 is 0 Å². The van der Waals surface area contributed by atoms with Crippen molar-refractivity contribution in [2.24, 2.45) is 5.92 Å². The largest absolute Gasteiger partial charge is 0.197 e. The van der Waals surface area contributed by atoms with Crippen LogP contribution in [0.5, 0.6) is 0 Å². The normalized spacial score (nSPS) is 15.4. The molecule has 0 aromatic heterocycles. The first-order valence-corrected chi connectivity index (χ1v) is 6.79. The van der Waals surface area contributed by atoms with E-state index in [0.29, 0.717) is 5.92 Å². The van der Waals surface area contributed by atoms with Crippen LogP contribution in [0.4, 0.5) is 0 Å². The fraction of sp³-hybridized carbons (Fsp3) is 0.471. The van der Waals surface area contributed by atoms with Gasteiger partial charge in [-0.2, -0.15) is 5.26 Å². The third-order valence-corrected chi connectivity index (χ3v) is 3.77. The second-order valence-corrected chi connectivity index (χ2v) is 4.98. The van der Waals surface area contributed by atoms with Crippen LogP contribution in [0.3, 0.4) is 0 Å². The van der Waals surface area contributed by atoms with E-state index in [0.717, 1.165) is 31.2 Å².